The summed E-state index contributed by atoms with van der Waals surface area (Å²) in [6, 6.07) is 6.66. The number of nitrogens with one attached hydrogen (secondary N) is 2. The second-order valence-corrected chi connectivity index (χ2v) is 15.4. The van der Waals surface area contributed by atoms with Gasteiger partial charge in [-0.1, -0.05) is 12.2 Å². The molecule has 0 atom stereocenters. The molecule has 0 bridgehead atoms. The molecule has 0 radical (unpaired) electrons. The summed E-state index contributed by atoms with van der Waals surface area (Å²) in [4.78, 5) is 68.4. The van der Waals surface area contributed by atoms with Gasteiger partial charge in [-0.05, 0) is 70.5 Å². The average Bonchev–Trinajstić information content (AvgIpc) is 4.02. The molecule has 8 rings (SSSR count). The van der Waals surface area contributed by atoms with Crippen molar-refractivity contribution in [1.29, 1.82) is 0 Å². The smallest absolute Gasteiger partial charge is 0.278 e. The predicted octanol–water partition coefficient (Wildman–Crippen LogP) is 2.59. The van der Waals surface area contributed by atoms with Crippen molar-refractivity contribution in [2.45, 2.75) is 66.8 Å². The first kappa shape index (κ1) is 39.9. The van der Waals surface area contributed by atoms with Crippen LogP contribution in [0.15, 0.2) is 42.6 Å². The van der Waals surface area contributed by atoms with Crippen LogP contribution in [0.3, 0.4) is 0 Å². The van der Waals surface area contributed by atoms with Gasteiger partial charge < -0.3 is 26.5 Å². The van der Waals surface area contributed by atoms with Crippen molar-refractivity contribution >= 4 is 63.4 Å². The van der Waals surface area contributed by atoms with Crippen LogP contribution in [0.4, 0.5) is 17.6 Å². The van der Waals surface area contributed by atoms with Crippen molar-refractivity contribution in [1.82, 2.24) is 48.5 Å². The lowest BCUT2D eigenvalue weighted by atomic mass is 9.85. The first-order valence-electron chi connectivity index (χ1n) is 19.7. The van der Waals surface area contributed by atoms with Crippen molar-refractivity contribution in [2.24, 2.45) is 16.9 Å². The number of carbonyl (C=O) groups excluding carboxylic acids is 4. The zero-order valence-corrected chi connectivity index (χ0v) is 33.9. The number of hydrogen-bond acceptors (Lipinski definition) is 12. The summed E-state index contributed by atoms with van der Waals surface area (Å²) in [5.74, 6) is -1.76. The number of amides is 4. The monoisotopic (exact) mass is 817 g/mol. The maximum absolute atomic E-state index is 13.8. The van der Waals surface area contributed by atoms with E-state index in [9.17, 15) is 19.2 Å². The molecule has 8 N–H and O–H groups in total. The van der Waals surface area contributed by atoms with E-state index in [1.54, 1.807) is 34.4 Å². The molecule has 1 spiro atoms. The molecule has 2 aliphatic rings. The van der Waals surface area contributed by atoms with Crippen molar-refractivity contribution < 1.29 is 23.9 Å². The van der Waals surface area contributed by atoms with Crippen LogP contribution in [0.1, 0.15) is 78.9 Å². The van der Waals surface area contributed by atoms with E-state index >= 15 is 0 Å². The molecule has 5 aromatic heterocycles. The van der Waals surface area contributed by atoms with E-state index in [0.717, 1.165) is 43.8 Å². The first-order chi connectivity index (χ1) is 28.8. The van der Waals surface area contributed by atoms with Gasteiger partial charge >= 0.3 is 0 Å². The number of anilines is 3. The summed E-state index contributed by atoms with van der Waals surface area (Å²) >= 11 is 0. The third-order valence-electron chi connectivity index (χ3n) is 11.1. The third-order valence-corrected chi connectivity index (χ3v) is 11.1. The van der Waals surface area contributed by atoms with Crippen LogP contribution in [0.2, 0.25) is 0 Å². The van der Waals surface area contributed by atoms with E-state index in [0.29, 0.717) is 59.0 Å². The number of likely N-dealkylation sites (tertiary alicyclic amines) is 1. The number of nitrogens with zero attached hydrogens (tertiary/aromatic N) is 10. The van der Waals surface area contributed by atoms with Gasteiger partial charge in [0.15, 0.2) is 5.65 Å². The second-order valence-electron chi connectivity index (χ2n) is 15.4. The summed E-state index contributed by atoms with van der Waals surface area (Å²) in [6.07, 6.45) is 6.12. The molecular formula is C40H47N15O5. The fraction of sp³-hybridized carbons (Fsp3) is 0.375. The molecule has 6 aromatic rings. The minimum atomic E-state index is -0.673. The van der Waals surface area contributed by atoms with Gasteiger partial charge in [0, 0.05) is 56.4 Å². The largest absolute Gasteiger partial charge is 0.395 e. The van der Waals surface area contributed by atoms with Crippen LogP contribution in [-0.4, -0.2) is 98.5 Å². The van der Waals surface area contributed by atoms with E-state index in [4.69, 9.17) is 26.9 Å². The number of primary amides is 2. The molecule has 0 aliphatic carbocycles. The molecule has 2 saturated heterocycles. The van der Waals surface area contributed by atoms with Gasteiger partial charge in [0.1, 0.15) is 16.9 Å². The van der Waals surface area contributed by atoms with Crippen LogP contribution in [0, 0.1) is 19.3 Å². The molecule has 312 valence electrons. The quantitative estimate of drug-likeness (QED) is 0.0994. The van der Waals surface area contributed by atoms with Crippen molar-refractivity contribution in [3.63, 3.8) is 0 Å². The number of imidazole rings is 2. The summed E-state index contributed by atoms with van der Waals surface area (Å²) in [5.41, 5.74) is 23.0. The summed E-state index contributed by atoms with van der Waals surface area (Å²) in [5, 5.41) is 14.7. The van der Waals surface area contributed by atoms with Crippen molar-refractivity contribution in [3.8, 4) is 0 Å². The van der Waals surface area contributed by atoms with E-state index in [2.05, 4.69) is 35.7 Å². The van der Waals surface area contributed by atoms with E-state index in [1.807, 2.05) is 37.5 Å². The number of fused-ring (bicyclic) bond motifs is 2. The Labute approximate surface area is 343 Å². The van der Waals surface area contributed by atoms with Crippen molar-refractivity contribution in [3.05, 3.63) is 82.1 Å². The van der Waals surface area contributed by atoms with Crippen LogP contribution >= 0.6 is 0 Å². The van der Waals surface area contributed by atoms with Crippen LogP contribution in [0.25, 0.3) is 22.2 Å². The normalized spacial score (nSPS) is 15.1. The maximum Gasteiger partial charge on any atom is 0.278 e. The molecule has 0 saturated carbocycles. The lowest BCUT2D eigenvalue weighted by molar-refractivity contribution is -0.105. The molecule has 2 fully saturated rings. The first-order valence-corrected chi connectivity index (χ1v) is 19.7. The highest BCUT2D eigenvalue weighted by Crippen LogP contribution is 2.39. The molecule has 2 aliphatic heterocycles. The second kappa shape index (κ2) is 15.7. The number of benzene rings is 1. The SMILES string of the molecule is CCn1nc(C)cc1C(=O)Nc1nc2cc(C(N)=O)cc(CN3CCC4(COC4)C3)c2n1C/C=C/Cn1c(NC(=O)c2c(N)c(C)nn2CC)nc2cc(C(N)=O)cnc21. The number of allylic oxidation sites excluding steroid dienone is 2. The number of aromatic nitrogens is 9. The van der Waals surface area contributed by atoms with Gasteiger partial charge in [0.05, 0.1) is 46.9 Å². The van der Waals surface area contributed by atoms with Crippen LogP contribution in [0.5, 0.6) is 0 Å². The van der Waals surface area contributed by atoms with E-state index < -0.39 is 23.6 Å². The zero-order chi connectivity index (χ0) is 42.5. The Balaban J connectivity index is 1.16. The van der Waals surface area contributed by atoms with Gasteiger partial charge in [-0.15, -0.1) is 0 Å². The number of ether oxygens (including phenoxy) is 1. The molecular weight excluding hydrogens is 771 g/mol. The zero-order valence-electron chi connectivity index (χ0n) is 33.9. The molecule has 7 heterocycles. The average molecular weight is 818 g/mol. The predicted molar refractivity (Wildman–Crippen MR) is 222 cm³/mol. The lowest BCUT2D eigenvalue weighted by Crippen LogP contribution is -2.44. The minimum absolute atomic E-state index is 0.137. The van der Waals surface area contributed by atoms with Gasteiger partial charge in [-0.2, -0.15) is 10.2 Å². The Hall–Kier alpha value is -6.93. The Kier molecular flexibility index (Phi) is 10.4. The molecule has 0 unspecified atom stereocenters. The van der Waals surface area contributed by atoms with E-state index in [-0.39, 0.29) is 47.3 Å². The number of nitrogen functional groups attached to an aromatic ring is 1. The molecule has 4 amide bonds. The maximum atomic E-state index is 13.8. The lowest BCUT2D eigenvalue weighted by Gasteiger charge is -2.37. The number of carbonyl (C=O) groups is 4. The number of nitrogens with two attached hydrogens (primary N) is 3. The fourth-order valence-electron chi connectivity index (χ4n) is 8.05. The third kappa shape index (κ3) is 7.34. The fourth-order valence-corrected chi connectivity index (χ4v) is 8.05. The Morgan fingerprint density at radius 3 is 2.18 bits per heavy atom. The van der Waals surface area contributed by atoms with Gasteiger partial charge in [0.2, 0.25) is 23.7 Å². The highest BCUT2D eigenvalue weighted by molar-refractivity contribution is 6.07. The molecule has 60 heavy (non-hydrogen) atoms. The topological polar surface area (TPSA) is 267 Å². The standard InChI is InChI=1S/C40H47N15O5/c1-5-54-29(13-22(3)49-54)36(58)47-38-45-27-15-24(33(42)56)14-26(18-51-12-9-40(19-51)20-60-21-40)31(27)52(38)10-7-8-11-53-35-28(16-25(17-44-35)34(43)57)46-39(53)48-37(59)32-30(41)23(4)50-55(32)6-2/h7-8,13-17H,5-6,9-12,18-21,41H2,1-4H3,(H2,42,56)(H2,43,57)(H,45,47,58)(H,46,48,59)/b8-7+. The van der Waals surface area contributed by atoms with Gasteiger partial charge in [-0.3, -0.25) is 48.6 Å². The minimum Gasteiger partial charge on any atom is -0.395 e. The summed E-state index contributed by atoms with van der Waals surface area (Å²) in [6.45, 7) is 12.3. The summed E-state index contributed by atoms with van der Waals surface area (Å²) < 4.78 is 12.3. The van der Waals surface area contributed by atoms with Crippen molar-refractivity contribution in [2.75, 3.05) is 42.7 Å². The Morgan fingerprint density at radius 1 is 0.850 bits per heavy atom. The summed E-state index contributed by atoms with van der Waals surface area (Å²) in [7, 11) is 0. The van der Waals surface area contributed by atoms with Gasteiger partial charge in [-0.25, -0.2) is 15.0 Å². The van der Waals surface area contributed by atoms with E-state index in [1.165, 1.54) is 16.9 Å². The number of hydrogen-bond donors (Lipinski definition) is 5. The molecule has 20 heteroatoms. The number of pyridine rings is 1. The van der Waals surface area contributed by atoms with Gasteiger partial charge in [0.25, 0.3) is 11.8 Å². The number of rotatable bonds is 14. The Morgan fingerprint density at radius 2 is 1.52 bits per heavy atom. The number of aryl methyl sites for hydroxylation is 4. The van der Waals surface area contributed by atoms with Crippen LogP contribution < -0.4 is 27.8 Å². The highest BCUT2D eigenvalue weighted by Gasteiger charge is 2.44. The molecule has 20 nitrogen and oxygen atoms in total. The highest BCUT2D eigenvalue weighted by atomic mass is 16.5. The van der Waals surface area contributed by atoms with Crippen LogP contribution in [-0.2, 0) is 37.5 Å². The Bertz CT molecular complexity index is 2730. The molecule has 1 aromatic carbocycles.